The number of pyridine rings is 1. The van der Waals surface area contributed by atoms with Gasteiger partial charge in [0.1, 0.15) is 24.1 Å². The number of halogens is 1. The molecule has 0 spiro atoms. The number of benzene rings is 1. The highest BCUT2D eigenvalue weighted by Gasteiger charge is 1.99. The monoisotopic (exact) mass is 302 g/mol. The lowest BCUT2D eigenvalue weighted by Gasteiger charge is -2.07. The number of ether oxygens (including phenoxy) is 1. The van der Waals surface area contributed by atoms with Crippen molar-refractivity contribution in [2.24, 2.45) is 0 Å². The van der Waals surface area contributed by atoms with Crippen molar-refractivity contribution in [2.75, 3.05) is 0 Å². The Morgan fingerprint density at radius 2 is 2.11 bits per heavy atom. The minimum absolute atomic E-state index is 0.408. The molecule has 0 saturated heterocycles. The Hall–Kier alpha value is -1.86. The molecule has 0 aliphatic rings. The second-order valence-electron chi connectivity index (χ2n) is 3.73. The number of hydrogen-bond acceptors (Lipinski definition) is 3. The van der Waals surface area contributed by atoms with Crippen molar-refractivity contribution in [3.63, 3.8) is 0 Å². The first-order valence-electron chi connectivity index (χ1n) is 5.44. The maximum atomic E-state index is 8.76. The molecular weight excluding hydrogens is 292 g/mol. The van der Waals surface area contributed by atoms with E-state index in [0.29, 0.717) is 12.3 Å². The average Bonchev–Trinajstić information content (AvgIpc) is 2.45. The standard InChI is InChI=1S/C14H11BrN2O/c15-8-11-2-1-3-14(7-11)18-10-12-4-5-17-13(6-12)9-16/h1-7H,8,10H2. The molecular formula is C14H11BrN2O. The summed E-state index contributed by atoms with van der Waals surface area (Å²) in [7, 11) is 0. The van der Waals surface area contributed by atoms with E-state index >= 15 is 0 Å². The molecule has 90 valence electrons. The van der Waals surface area contributed by atoms with Gasteiger partial charge in [0.25, 0.3) is 0 Å². The number of nitrogens with zero attached hydrogens (tertiary/aromatic N) is 2. The molecule has 0 saturated carbocycles. The number of hydrogen-bond donors (Lipinski definition) is 0. The number of nitriles is 1. The zero-order valence-corrected chi connectivity index (χ0v) is 11.2. The quantitative estimate of drug-likeness (QED) is 0.813. The zero-order valence-electron chi connectivity index (χ0n) is 9.64. The van der Waals surface area contributed by atoms with Crippen molar-refractivity contribution in [1.82, 2.24) is 4.98 Å². The van der Waals surface area contributed by atoms with Gasteiger partial charge in [0.05, 0.1) is 0 Å². The lowest BCUT2D eigenvalue weighted by molar-refractivity contribution is 0.306. The lowest BCUT2D eigenvalue weighted by atomic mass is 10.2. The molecule has 18 heavy (non-hydrogen) atoms. The van der Waals surface area contributed by atoms with Crippen molar-refractivity contribution < 1.29 is 4.74 Å². The van der Waals surface area contributed by atoms with Crippen LogP contribution in [0.15, 0.2) is 42.6 Å². The third-order valence-corrected chi connectivity index (χ3v) is 3.04. The first kappa shape index (κ1) is 12.6. The van der Waals surface area contributed by atoms with Gasteiger partial charge in [-0.15, -0.1) is 0 Å². The first-order valence-corrected chi connectivity index (χ1v) is 6.56. The van der Waals surface area contributed by atoms with Crippen LogP contribution in [-0.2, 0) is 11.9 Å². The normalized spacial score (nSPS) is 9.78. The smallest absolute Gasteiger partial charge is 0.140 e. The fourth-order valence-electron chi connectivity index (χ4n) is 1.51. The summed E-state index contributed by atoms with van der Waals surface area (Å²) in [6, 6.07) is 13.5. The van der Waals surface area contributed by atoms with Gasteiger partial charge in [-0.05, 0) is 35.4 Å². The summed E-state index contributed by atoms with van der Waals surface area (Å²) in [6.07, 6.45) is 1.62. The molecule has 0 atom stereocenters. The molecule has 0 fully saturated rings. The van der Waals surface area contributed by atoms with Gasteiger partial charge < -0.3 is 4.74 Å². The fraction of sp³-hybridized carbons (Fsp3) is 0.143. The molecule has 2 aromatic rings. The van der Waals surface area contributed by atoms with Crippen molar-refractivity contribution >= 4 is 15.9 Å². The minimum atomic E-state index is 0.408. The van der Waals surface area contributed by atoms with Gasteiger partial charge in [-0.2, -0.15) is 5.26 Å². The van der Waals surface area contributed by atoms with Crippen LogP contribution >= 0.6 is 15.9 Å². The van der Waals surface area contributed by atoms with E-state index in [1.54, 1.807) is 12.3 Å². The van der Waals surface area contributed by atoms with Crippen molar-refractivity contribution in [3.8, 4) is 11.8 Å². The van der Waals surface area contributed by atoms with Crippen molar-refractivity contribution in [1.29, 1.82) is 5.26 Å². The Balaban J connectivity index is 2.04. The Morgan fingerprint density at radius 3 is 2.89 bits per heavy atom. The molecule has 3 nitrogen and oxygen atoms in total. The molecule has 0 aliphatic heterocycles. The zero-order chi connectivity index (χ0) is 12.8. The molecule has 2 rings (SSSR count). The molecule has 1 heterocycles. The molecule has 0 bridgehead atoms. The summed E-state index contributed by atoms with van der Waals surface area (Å²) < 4.78 is 5.68. The van der Waals surface area contributed by atoms with E-state index in [1.165, 1.54) is 5.56 Å². The maximum Gasteiger partial charge on any atom is 0.140 e. The summed E-state index contributed by atoms with van der Waals surface area (Å²) in [6.45, 7) is 0.433. The summed E-state index contributed by atoms with van der Waals surface area (Å²) in [5.74, 6) is 0.822. The van der Waals surface area contributed by atoms with Crippen LogP contribution in [-0.4, -0.2) is 4.98 Å². The topological polar surface area (TPSA) is 45.9 Å². The van der Waals surface area contributed by atoms with Gasteiger partial charge in [-0.1, -0.05) is 28.1 Å². The second-order valence-corrected chi connectivity index (χ2v) is 4.29. The molecule has 0 amide bonds. The van der Waals surface area contributed by atoms with Crippen LogP contribution in [0.25, 0.3) is 0 Å². The van der Waals surface area contributed by atoms with Crippen LogP contribution in [0.2, 0.25) is 0 Å². The van der Waals surface area contributed by atoms with Gasteiger partial charge in [0.15, 0.2) is 0 Å². The van der Waals surface area contributed by atoms with E-state index in [2.05, 4.69) is 20.9 Å². The largest absolute Gasteiger partial charge is 0.489 e. The molecule has 0 aliphatic carbocycles. The molecule has 0 N–H and O–H groups in total. The molecule has 1 aromatic carbocycles. The minimum Gasteiger partial charge on any atom is -0.489 e. The van der Waals surface area contributed by atoms with Crippen LogP contribution in [0.1, 0.15) is 16.8 Å². The first-order chi connectivity index (χ1) is 8.81. The van der Waals surface area contributed by atoms with E-state index in [9.17, 15) is 0 Å². The van der Waals surface area contributed by atoms with Crippen molar-refractivity contribution in [2.45, 2.75) is 11.9 Å². The van der Waals surface area contributed by atoms with Gasteiger partial charge in [0.2, 0.25) is 0 Å². The summed E-state index contributed by atoms with van der Waals surface area (Å²) in [4.78, 5) is 3.92. The Bertz CT molecular complexity index is 578. The molecule has 0 unspecified atom stereocenters. The molecule has 1 aromatic heterocycles. The third-order valence-electron chi connectivity index (χ3n) is 2.40. The van der Waals surface area contributed by atoms with E-state index in [-0.39, 0.29) is 0 Å². The van der Waals surface area contributed by atoms with Gasteiger partial charge in [-0.25, -0.2) is 4.98 Å². The molecule has 4 heteroatoms. The Kier molecular flexibility index (Phi) is 4.32. The predicted molar refractivity (Wildman–Crippen MR) is 72.4 cm³/mol. The van der Waals surface area contributed by atoms with Crippen LogP contribution < -0.4 is 4.74 Å². The van der Waals surface area contributed by atoms with Crippen LogP contribution in [0, 0.1) is 11.3 Å². The lowest BCUT2D eigenvalue weighted by Crippen LogP contribution is -1.97. The molecule has 0 radical (unpaired) electrons. The van der Waals surface area contributed by atoms with E-state index in [1.807, 2.05) is 36.4 Å². The second kappa shape index (κ2) is 6.18. The highest BCUT2D eigenvalue weighted by Crippen LogP contribution is 2.16. The summed E-state index contributed by atoms with van der Waals surface area (Å²) in [5.41, 5.74) is 2.51. The van der Waals surface area contributed by atoms with E-state index < -0.39 is 0 Å². The third kappa shape index (κ3) is 3.31. The predicted octanol–water partition coefficient (Wildman–Crippen LogP) is 3.43. The summed E-state index contributed by atoms with van der Waals surface area (Å²) >= 11 is 3.41. The van der Waals surface area contributed by atoms with E-state index in [4.69, 9.17) is 10.00 Å². The average molecular weight is 303 g/mol. The van der Waals surface area contributed by atoms with Crippen LogP contribution in [0.3, 0.4) is 0 Å². The van der Waals surface area contributed by atoms with Gasteiger partial charge in [0, 0.05) is 11.5 Å². The Labute approximate surface area is 114 Å². The van der Waals surface area contributed by atoms with Gasteiger partial charge >= 0.3 is 0 Å². The fourth-order valence-corrected chi connectivity index (χ4v) is 1.86. The highest BCUT2D eigenvalue weighted by atomic mass is 79.9. The SMILES string of the molecule is N#Cc1cc(COc2cccc(CBr)c2)ccn1. The number of alkyl halides is 1. The van der Waals surface area contributed by atoms with Gasteiger partial charge in [-0.3, -0.25) is 0 Å². The van der Waals surface area contributed by atoms with Crippen LogP contribution in [0.5, 0.6) is 5.75 Å². The maximum absolute atomic E-state index is 8.76. The number of aromatic nitrogens is 1. The van der Waals surface area contributed by atoms with Crippen molar-refractivity contribution in [3.05, 3.63) is 59.4 Å². The van der Waals surface area contributed by atoms with Crippen LogP contribution in [0.4, 0.5) is 0 Å². The number of rotatable bonds is 4. The highest BCUT2D eigenvalue weighted by molar-refractivity contribution is 9.08. The Morgan fingerprint density at radius 1 is 1.22 bits per heavy atom. The summed E-state index contributed by atoms with van der Waals surface area (Å²) in [5, 5.41) is 9.56. The van der Waals surface area contributed by atoms with E-state index in [0.717, 1.165) is 16.6 Å².